The molecular formula is C10H11N7O. The van der Waals surface area contributed by atoms with E-state index in [0.717, 1.165) is 0 Å². The first-order valence-corrected chi connectivity index (χ1v) is 5.39. The Morgan fingerprint density at radius 1 is 1.39 bits per heavy atom. The number of fused-ring (bicyclic) bond motifs is 1. The van der Waals surface area contributed by atoms with Crippen molar-refractivity contribution in [2.24, 2.45) is 0 Å². The molecule has 0 aliphatic heterocycles. The molecule has 3 rings (SSSR count). The van der Waals surface area contributed by atoms with Crippen molar-refractivity contribution in [2.75, 3.05) is 5.73 Å². The van der Waals surface area contributed by atoms with Gasteiger partial charge >= 0.3 is 0 Å². The lowest BCUT2D eigenvalue weighted by molar-refractivity contribution is 0.542. The van der Waals surface area contributed by atoms with Crippen molar-refractivity contribution in [1.29, 1.82) is 0 Å². The van der Waals surface area contributed by atoms with Crippen LogP contribution in [0.25, 0.3) is 11.2 Å². The predicted octanol–water partition coefficient (Wildman–Crippen LogP) is 0.0342. The van der Waals surface area contributed by atoms with Crippen molar-refractivity contribution in [3.63, 3.8) is 0 Å². The molecule has 0 aliphatic carbocycles. The molecule has 0 spiro atoms. The zero-order valence-corrected chi connectivity index (χ0v) is 9.58. The van der Waals surface area contributed by atoms with E-state index in [2.05, 4.69) is 25.0 Å². The lowest BCUT2D eigenvalue weighted by Gasteiger charge is -2.07. The highest BCUT2D eigenvalue weighted by molar-refractivity contribution is 5.70. The molecule has 0 saturated heterocycles. The van der Waals surface area contributed by atoms with Crippen LogP contribution in [0.4, 0.5) is 5.95 Å². The van der Waals surface area contributed by atoms with Gasteiger partial charge in [0.2, 0.25) is 5.95 Å². The van der Waals surface area contributed by atoms with Gasteiger partial charge in [-0.1, -0.05) is 0 Å². The number of rotatable bonds is 2. The second-order valence-electron chi connectivity index (χ2n) is 3.93. The zero-order chi connectivity index (χ0) is 12.7. The van der Waals surface area contributed by atoms with Crippen molar-refractivity contribution in [3.8, 4) is 0 Å². The summed E-state index contributed by atoms with van der Waals surface area (Å²) in [5, 5.41) is 4.13. The first-order chi connectivity index (χ1) is 8.65. The van der Waals surface area contributed by atoms with Crippen LogP contribution < -0.4 is 11.3 Å². The summed E-state index contributed by atoms with van der Waals surface area (Å²) >= 11 is 0. The molecule has 0 bridgehead atoms. The molecule has 1 atom stereocenters. The van der Waals surface area contributed by atoms with E-state index in [4.69, 9.17) is 5.73 Å². The first kappa shape index (κ1) is 10.5. The molecule has 92 valence electrons. The van der Waals surface area contributed by atoms with Gasteiger partial charge in [-0.25, -0.2) is 4.98 Å². The summed E-state index contributed by atoms with van der Waals surface area (Å²) in [5.74, 6) is 0.662. The molecule has 0 fully saturated rings. The summed E-state index contributed by atoms with van der Waals surface area (Å²) in [6.07, 6.45) is 3.51. The fourth-order valence-electron chi connectivity index (χ4n) is 1.77. The van der Waals surface area contributed by atoms with Crippen molar-refractivity contribution < 1.29 is 0 Å². The fourth-order valence-corrected chi connectivity index (χ4v) is 1.77. The average molecular weight is 245 g/mol. The SMILES string of the molecule is CC(c1nc2nc(N)[nH]c(=O)c2[nH]1)n1cccn1. The van der Waals surface area contributed by atoms with E-state index in [9.17, 15) is 4.79 Å². The molecule has 0 saturated carbocycles. The molecule has 8 heteroatoms. The largest absolute Gasteiger partial charge is 0.369 e. The number of H-pyrrole nitrogens is 2. The van der Waals surface area contributed by atoms with Gasteiger partial charge in [0.25, 0.3) is 5.56 Å². The second kappa shape index (κ2) is 3.69. The summed E-state index contributed by atoms with van der Waals surface area (Å²) in [4.78, 5) is 25.2. The van der Waals surface area contributed by atoms with Gasteiger partial charge in [-0.05, 0) is 13.0 Å². The lowest BCUT2D eigenvalue weighted by atomic mass is 10.3. The smallest absolute Gasteiger partial charge is 0.278 e. The molecule has 3 heterocycles. The molecule has 3 aromatic heterocycles. The van der Waals surface area contributed by atoms with Gasteiger partial charge in [0.05, 0.1) is 0 Å². The minimum Gasteiger partial charge on any atom is -0.369 e. The Morgan fingerprint density at radius 2 is 2.22 bits per heavy atom. The monoisotopic (exact) mass is 245 g/mol. The number of nitrogens with two attached hydrogens (primary N) is 1. The number of hydrogen-bond donors (Lipinski definition) is 3. The Kier molecular flexibility index (Phi) is 2.15. The van der Waals surface area contributed by atoms with Gasteiger partial charge in [0, 0.05) is 12.4 Å². The predicted molar refractivity (Wildman–Crippen MR) is 65.0 cm³/mol. The highest BCUT2D eigenvalue weighted by Crippen LogP contribution is 2.15. The summed E-state index contributed by atoms with van der Waals surface area (Å²) in [6, 6.07) is 1.71. The lowest BCUT2D eigenvalue weighted by Crippen LogP contribution is -2.11. The maximum Gasteiger partial charge on any atom is 0.278 e. The number of hydrogen-bond acceptors (Lipinski definition) is 5. The third-order valence-electron chi connectivity index (χ3n) is 2.72. The van der Waals surface area contributed by atoms with Crippen molar-refractivity contribution in [3.05, 3.63) is 34.6 Å². The van der Waals surface area contributed by atoms with Gasteiger partial charge in [0.15, 0.2) is 11.2 Å². The van der Waals surface area contributed by atoms with Gasteiger partial charge < -0.3 is 10.7 Å². The second-order valence-corrected chi connectivity index (χ2v) is 3.93. The molecule has 0 radical (unpaired) electrons. The van der Waals surface area contributed by atoms with Crippen molar-refractivity contribution in [2.45, 2.75) is 13.0 Å². The Bertz CT molecular complexity index is 739. The van der Waals surface area contributed by atoms with Gasteiger partial charge in [-0.2, -0.15) is 10.1 Å². The summed E-state index contributed by atoms with van der Waals surface area (Å²) in [5.41, 5.74) is 5.77. The maximum absolute atomic E-state index is 11.7. The third-order valence-corrected chi connectivity index (χ3v) is 2.72. The minimum absolute atomic E-state index is 0.0530. The van der Waals surface area contributed by atoms with Crippen LogP contribution in [-0.4, -0.2) is 29.7 Å². The number of aromatic amines is 2. The van der Waals surface area contributed by atoms with Crippen LogP contribution in [0, 0.1) is 0 Å². The van der Waals surface area contributed by atoms with Crippen LogP contribution in [0.3, 0.4) is 0 Å². The normalized spacial score (nSPS) is 12.9. The molecule has 0 aliphatic rings. The Hall–Kier alpha value is -2.64. The Balaban J connectivity index is 2.14. The van der Waals surface area contributed by atoms with E-state index in [1.807, 2.05) is 19.2 Å². The summed E-state index contributed by atoms with van der Waals surface area (Å²) < 4.78 is 1.73. The van der Waals surface area contributed by atoms with Gasteiger partial charge in [-0.15, -0.1) is 0 Å². The average Bonchev–Trinajstić information content (AvgIpc) is 2.96. The maximum atomic E-state index is 11.7. The molecule has 3 aromatic rings. The number of nitrogens with zero attached hydrogens (tertiary/aromatic N) is 4. The van der Waals surface area contributed by atoms with Crippen LogP contribution >= 0.6 is 0 Å². The first-order valence-electron chi connectivity index (χ1n) is 5.39. The Labute approximate surface area is 101 Å². The third kappa shape index (κ3) is 1.54. The number of nitrogens with one attached hydrogen (secondary N) is 2. The number of nitrogen functional groups attached to an aromatic ring is 1. The van der Waals surface area contributed by atoms with E-state index in [0.29, 0.717) is 17.0 Å². The van der Waals surface area contributed by atoms with Crippen LogP contribution in [0.5, 0.6) is 0 Å². The topological polar surface area (TPSA) is 118 Å². The molecule has 8 nitrogen and oxygen atoms in total. The molecule has 0 aromatic carbocycles. The summed E-state index contributed by atoms with van der Waals surface area (Å²) in [6.45, 7) is 1.92. The fraction of sp³-hybridized carbons (Fsp3) is 0.200. The van der Waals surface area contributed by atoms with E-state index >= 15 is 0 Å². The molecule has 4 N–H and O–H groups in total. The standard InChI is InChI=1S/C10H11N7O/c1-5(17-4-2-3-12-17)7-13-6-8(14-7)15-10(11)16-9(6)18/h2-5H,1H3,(H4,11,13,14,15,16,18). The number of anilines is 1. The quantitative estimate of drug-likeness (QED) is 0.588. The van der Waals surface area contributed by atoms with E-state index < -0.39 is 0 Å². The highest BCUT2D eigenvalue weighted by Gasteiger charge is 2.15. The van der Waals surface area contributed by atoms with Crippen LogP contribution in [-0.2, 0) is 0 Å². The molecule has 0 amide bonds. The number of imidazole rings is 1. The van der Waals surface area contributed by atoms with Crippen molar-refractivity contribution >= 4 is 17.1 Å². The van der Waals surface area contributed by atoms with Crippen LogP contribution in [0.2, 0.25) is 0 Å². The molecule has 1 unspecified atom stereocenters. The van der Waals surface area contributed by atoms with Gasteiger partial charge in [0.1, 0.15) is 11.9 Å². The zero-order valence-electron chi connectivity index (χ0n) is 9.58. The van der Waals surface area contributed by atoms with Crippen LogP contribution in [0.1, 0.15) is 18.8 Å². The van der Waals surface area contributed by atoms with E-state index in [-0.39, 0.29) is 17.5 Å². The van der Waals surface area contributed by atoms with Crippen LogP contribution in [0.15, 0.2) is 23.3 Å². The number of aromatic nitrogens is 6. The van der Waals surface area contributed by atoms with E-state index in [1.165, 1.54) is 0 Å². The Morgan fingerprint density at radius 3 is 2.94 bits per heavy atom. The van der Waals surface area contributed by atoms with E-state index in [1.54, 1.807) is 10.9 Å². The minimum atomic E-state index is -0.330. The van der Waals surface area contributed by atoms with Gasteiger partial charge in [-0.3, -0.25) is 14.5 Å². The summed E-state index contributed by atoms with van der Waals surface area (Å²) in [7, 11) is 0. The van der Waals surface area contributed by atoms with Crippen molar-refractivity contribution in [1.82, 2.24) is 29.7 Å². The molecule has 18 heavy (non-hydrogen) atoms. The highest BCUT2D eigenvalue weighted by atomic mass is 16.1. The molecular weight excluding hydrogens is 234 g/mol.